The summed E-state index contributed by atoms with van der Waals surface area (Å²) in [4.78, 5) is 4.41. The van der Waals surface area contributed by atoms with Crippen LogP contribution >= 0.6 is 45.9 Å². The summed E-state index contributed by atoms with van der Waals surface area (Å²) in [6, 6.07) is 0. The summed E-state index contributed by atoms with van der Waals surface area (Å²) in [7, 11) is 0. The van der Waals surface area contributed by atoms with Crippen molar-refractivity contribution in [2.75, 3.05) is 5.75 Å². The maximum absolute atomic E-state index is 4.41. The molecule has 12 heavy (non-hydrogen) atoms. The maximum atomic E-state index is 4.41. The molecule has 1 aliphatic rings. The molecule has 2 rings (SSSR count). The number of thioether (sulfide) groups is 1. The molecular formula is C7H9IN2S2. The largest absolute Gasteiger partial charge is 0.212 e. The van der Waals surface area contributed by atoms with E-state index in [4.69, 9.17) is 0 Å². The Balaban J connectivity index is 2.08. The molecule has 1 fully saturated rings. The molecule has 0 amide bonds. The van der Waals surface area contributed by atoms with Crippen LogP contribution in [0.4, 0.5) is 0 Å². The molecule has 1 aliphatic heterocycles. The van der Waals surface area contributed by atoms with Crippen molar-refractivity contribution in [1.29, 1.82) is 0 Å². The first-order valence-electron chi connectivity index (χ1n) is 3.97. The van der Waals surface area contributed by atoms with Crippen LogP contribution in [-0.2, 0) is 0 Å². The van der Waals surface area contributed by atoms with E-state index in [-0.39, 0.29) is 0 Å². The molecule has 0 N–H and O–H groups in total. The van der Waals surface area contributed by atoms with Gasteiger partial charge in [0.2, 0.25) is 0 Å². The summed E-state index contributed by atoms with van der Waals surface area (Å²) in [6.45, 7) is 0. The summed E-state index contributed by atoms with van der Waals surface area (Å²) in [5.74, 6) is 2.34. The standard InChI is InChI=1S/C7H9IN2S2/c8-7-9-6(10-12-7)5-3-1-2-4-11-5/h5H,1-4H2. The fourth-order valence-corrected chi connectivity index (χ4v) is 3.61. The second kappa shape index (κ2) is 4.23. The normalized spacial score (nSPS) is 24.2. The number of hydrogen-bond donors (Lipinski definition) is 0. The van der Waals surface area contributed by atoms with Crippen molar-refractivity contribution in [1.82, 2.24) is 9.36 Å². The fraction of sp³-hybridized carbons (Fsp3) is 0.714. The highest BCUT2D eigenvalue weighted by Crippen LogP contribution is 2.37. The monoisotopic (exact) mass is 312 g/mol. The summed E-state index contributed by atoms with van der Waals surface area (Å²) >= 11 is 5.75. The van der Waals surface area contributed by atoms with E-state index >= 15 is 0 Å². The second-order valence-corrected chi connectivity index (χ2v) is 6.58. The van der Waals surface area contributed by atoms with E-state index < -0.39 is 0 Å². The van der Waals surface area contributed by atoms with Crippen LogP contribution in [0.2, 0.25) is 0 Å². The molecule has 1 aromatic rings. The summed E-state index contributed by atoms with van der Waals surface area (Å²) < 4.78 is 5.41. The molecule has 0 aromatic carbocycles. The van der Waals surface area contributed by atoms with Gasteiger partial charge in [-0.25, -0.2) is 4.98 Å². The van der Waals surface area contributed by atoms with Crippen LogP contribution in [0.15, 0.2) is 0 Å². The predicted octanol–water partition coefficient (Wildman–Crippen LogP) is 3.10. The summed E-state index contributed by atoms with van der Waals surface area (Å²) in [6.07, 6.45) is 3.97. The third-order valence-electron chi connectivity index (χ3n) is 1.88. The van der Waals surface area contributed by atoms with Crippen LogP contribution in [-0.4, -0.2) is 15.1 Å². The highest BCUT2D eigenvalue weighted by Gasteiger charge is 2.19. The van der Waals surface area contributed by atoms with Gasteiger partial charge in [0.15, 0.2) is 8.84 Å². The van der Waals surface area contributed by atoms with Crippen LogP contribution in [0, 0.1) is 3.01 Å². The summed E-state index contributed by atoms with van der Waals surface area (Å²) in [5, 5.41) is 0.582. The minimum absolute atomic E-state index is 0.582. The zero-order valence-electron chi connectivity index (χ0n) is 6.49. The average Bonchev–Trinajstić information content (AvgIpc) is 2.54. The summed E-state index contributed by atoms with van der Waals surface area (Å²) in [5.41, 5.74) is 0. The minimum Gasteiger partial charge on any atom is -0.212 e. The predicted molar refractivity (Wildman–Crippen MR) is 61.7 cm³/mol. The first-order chi connectivity index (χ1) is 5.86. The third kappa shape index (κ3) is 2.11. The van der Waals surface area contributed by atoms with Gasteiger partial charge in [0, 0.05) is 0 Å². The lowest BCUT2D eigenvalue weighted by molar-refractivity contribution is 0.668. The van der Waals surface area contributed by atoms with Crippen molar-refractivity contribution in [3.63, 3.8) is 0 Å². The van der Waals surface area contributed by atoms with E-state index in [1.165, 1.54) is 36.5 Å². The van der Waals surface area contributed by atoms with Gasteiger partial charge >= 0.3 is 0 Å². The first-order valence-corrected chi connectivity index (χ1v) is 6.87. The lowest BCUT2D eigenvalue weighted by Gasteiger charge is -2.17. The van der Waals surface area contributed by atoms with E-state index in [2.05, 4.69) is 31.9 Å². The number of rotatable bonds is 1. The van der Waals surface area contributed by atoms with E-state index in [0.717, 1.165) is 8.84 Å². The molecule has 0 bridgehead atoms. The Morgan fingerprint density at radius 1 is 1.42 bits per heavy atom. The minimum atomic E-state index is 0.582. The highest BCUT2D eigenvalue weighted by molar-refractivity contribution is 14.1. The molecule has 1 saturated heterocycles. The smallest absolute Gasteiger partial charge is 0.174 e. The van der Waals surface area contributed by atoms with Crippen molar-refractivity contribution >= 4 is 45.9 Å². The third-order valence-corrected chi connectivity index (χ3v) is 4.61. The van der Waals surface area contributed by atoms with E-state index in [0.29, 0.717) is 5.25 Å². The van der Waals surface area contributed by atoms with E-state index in [1.54, 1.807) is 0 Å². The van der Waals surface area contributed by atoms with Crippen molar-refractivity contribution in [2.24, 2.45) is 0 Å². The van der Waals surface area contributed by atoms with Crippen LogP contribution in [0.25, 0.3) is 0 Å². The molecule has 2 heterocycles. The average molecular weight is 312 g/mol. The number of halogens is 1. The fourth-order valence-electron chi connectivity index (χ4n) is 1.29. The molecule has 0 aliphatic carbocycles. The topological polar surface area (TPSA) is 25.8 Å². The number of nitrogens with zero attached hydrogens (tertiary/aromatic N) is 2. The van der Waals surface area contributed by atoms with Gasteiger partial charge < -0.3 is 0 Å². The van der Waals surface area contributed by atoms with Gasteiger partial charge in [-0.3, -0.25) is 0 Å². The second-order valence-electron chi connectivity index (χ2n) is 2.76. The highest BCUT2D eigenvalue weighted by atomic mass is 127. The van der Waals surface area contributed by atoms with Gasteiger partial charge in [-0.2, -0.15) is 16.1 Å². The first kappa shape index (κ1) is 9.21. The van der Waals surface area contributed by atoms with Gasteiger partial charge in [-0.1, -0.05) is 6.42 Å². The lowest BCUT2D eigenvalue weighted by Crippen LogP contribution is -2.03. The van der Waals surface area contributed by atoms with E-state index in [1.807, 2.05) is 11.8 Å². The molecule has 1 unspecified atom stereocenters. The van der Waals surface area contributed by atoms with Crippen LogP contribution in [0.5, 0.6) is 0 Å². The molecule has 2 nitrogen and oxygen atoms in total. The van der Waals surface area contributed by atoms with Gasteiger partial charge in [0.25, 0.3) is 0 Å². The quantitative estimate of drug-likeness (QED) is 0.745. The van der Waals surface area contributed by atoms with Crippen LogP contribution < -0.4 is 0 Å². The lowest BCUT2D eigenvalue weighted by atomic mass is 10.2. The van der Waals surface area contributed by atoms with E-state index in [9.17, 15) is 0 Å². The number of hydrogen-bond acceptors (Lipinski definition) is 4. The Kier molecular flexibility index (Phi) is 3.25. The van der Waals surface area contributed by atoms with Crippen molar-refractivity contribution in [3.05, 3.63) is 8.84 Å². The Morgan fingerprint density at radius 3 is 2.92 bits per heavy atom. The van der Waals surface area contributed by atoms with Crippen molar-refractivity contribution in [2.45, 2.75) is 24.5 Å². The van der Waals surface area contributed by atoms with Gasteiger partial charge in [0.1, 0.15) is 0 Å². The molecule has 1 atom stereocenters. The Bertz CT molecular complexity index is 258. The van der Waals surface area contributed by atoms with Gasteiger partial charge in [0.05, 0.1) is 5.25 Å². The van der Waals surface area contributed by atoms with Crippen molar-refractivity contribution < 1.29 is 0 Å². The molecule has 5 heteroatoms. The SMILES string of the molecule is Ic1nc(C2CCCCS2)ns1. The zero-order valence-corrected chi connectivity index (χ0v) is 10.3. The Labute approximate surface area is 93.9 Å². The van der Waals surface area contributed by atoms with Gasteiger partial charge in [-0.15, -0.1) is 0 Å². The Hall–Kier alpha value is 0.640. The number of aromatic nitrogens is 2. The molecule has 1 aromatic heterocycles. The molecule has 0 radical (unpaired) electrons. The Morgan fingerprint density at radius 2 is 2.33 bits per heavy atom. The van der Waals surface area contributed by atoms with Crippen molar-refractivity contribution in [3.8, 4) is 0 Å². The molecule has 66 valence electrons. The molecule has 0 saturated carbocycles. The van der Waals surface area contributed by atoms with Crippen LogP contribution in [0.1, 0.15) is 30.3 Å². The molecule has 0 spiro atoms. The van der Waals surface area contributed by atoms with Crippen LogP contribution in [0.3, 0.4) is 0 Å². The van der Waals surface area contributed by atoms with Gasteiger partial charge in [-0.05, 0) is 52.7 Å². The maximum Gasteiger partial charge on any atom is 0.174 e. The zero-order chi connectivity index (χ0) is 8.39. The molecular weight excluding hydrogens is 303 g/mol.